The molecule has 3 rings (SSSR count). The molecule has 0 saturated carbocycles. The molecule has 1 saturated heterocycles. The lowest BCUT2D eigenvalue weighted by Gasteiger charge is -2.20. The SMILES string of the molecule is Cc1cccc(N)c1-c1nnnn1C(C)C1CCCO1. The number of benzene rings is 1. The second-order valence-corrected chi connectivity index (χ2v) is 5.28. The molecule has 6 nitrogen and oxygen atoms in total. The van der Waals surface area contributed by atoms with E-state index in [1.165, 1.54) is 0 Å². The van der Waals surface area contributed by atoms with E-state index in [0.717, 1.165) is 30.6 Å². The highest BCUT2D eigenvalue weighted by molar-refractivity contribution is 5.74. The maximum Gasteiger partial charge on any atom is 0.184 e. The molecule has 0 radical (unpaired) electrons. The molecule has 1 aliphatic heterocycles. The lowest BCUT2D eigenvalue weighted by atomic mass is 10.0. The van der Waals surface area contributed by atoms with Gasteiger partial charge in [-0.1, -0.05) is 12.1 Å². The first kappa shape index (κ1) is 13.1. The molecule has 0 amide bonds. The molecule has 1 fully saturated rings. The zero-order chi connectivity index (χ0) is 14.1. The van der Waals surface area contributed by atoms with Gasteiger partial charge in [-0.05, 0) is 48.7 Å². The average Bonchev–Trinajstić information content (AvgIpc) is 3.09. The Labute approximate surface area is 117 Å². The quantitative estimate of drug-likeness (QED) is 0.865. The van der Waals surface area contributed by atoms with E-state index in [1.807, 2.05) is 29.8 Å². The van der Waals surface area contributed by atoms with Gasteiger partial charge in [-0.15, -0.1) is 5.10 Å². The lowest BCUT2D eigenvalue weighted by Crippen LogP contribution is -2.23. The van der Waals surface area contributed by atoms with Crippen molar-refractivity contribution in [3.05, 3.63) is 23.8 Å². The van der Waals surface area contributed by atoms with Gasteiger partial charge in [0.15, 0.2) is 5.82 Å². The van der Waals surface area contributed by atoms with Crippen molar-refractivity contribution in [1.82, 2.24) is 20.2 Å². The Morgan fingerprint density at radius 3 is 3.00 bits per heavy atom. The number of tetrazole rings is 1. The summed E-state index contributed by atoms with van der Waals surface area (Å²) in [5.74, 6) is 0.712. The van der Waals surface area contributed by atoms with Crippen LogP contribution in [0.15, 0.2) is 18.2 Å². The number of aromatic nitrogens is 4. The van der Waals surface area contributed by atoms with Crippen molar-refractivity contribution in [3.8, 4) is 11.4 Å². The number of anilines is 1. The summed E-state index contributed by atoms with van der Waals surface area (Å²) in [5, 5.41) is 12.1. The first-order valence-corrected chi connectivity index (χ1v) is 6.93. The molecular weight excluding hydrogens is 254 g/mol. The number of nitrogens with zero attached hydrogens (tertiary/aromatic N) is 4. The van der Waals surface area contributed by atoms with Crippen LogP contribution in [0, 0.1) is 6.92 Å². The normalized spacial score (nSPS) is 20.2. The highest BCUT2D eigenvalue weighted by Crippen LogP contribution is 2.31. The van der Waals surface area contributed by atoms with E-state index < -0.39 is 0 Å². The topological polar surface area (TPSA) is 78.9 Å². The van der Waals surface area contributed by atoms with Crippen molar-refractivity contribution in [2.24, 2.45) is 0 Å². The first-order valence-electron chi connectivity index (χ1n) is 6.93. The fourth-order valence-electron chi connectivity index (χ4n) is 2.77. The van der Waals surface area contributed by atoms with Crippen molar-refractivity contribution in [2.75, 3.05) is 12.3 Å². The fourth-order valence-corrected chi connectivity index (χ4v) is 2.77. The van der Waals surface area contributed by atoms with Crippen LogP contribution < -0.4 is 5.73 Å². The van der Waals surface area contributed by atoms with Gasteiger partial charge in [-0.3, -0.25) is 0 Å². The van der Waals surface area contributed by atoms with Crippen LogP contribution in [0.25, 0.3) is 11.4 Å². The van der Waals surface area contributed by atoms with Crippen molar-refractivity contribution in [3.63, 3.8) is 0 Å². The van der Waals surface area contributed by atoms with E-state index in [-0.39, 0.29) is 12.1 Å². The van der Waals surface area contributed by atoms with Crippen LogP contribution in [0.5, 0.6) is 0 Å². The lowest BCUT2D eigenvalue weighted by molar-refractivity contribution is 0.0690. The predicted octanol–water partition coefficient (Wildman–Crippen LogP) is 1.97. The molecule has 2 aromatic rings. The fraction of sp³-hybridized carbons (Fsp3) is 0.500. The Balaban J connectivity index is 2.01. The minimum Gasteiger partial charge on any atom is -0.398 e. The van der Waals surface area contributed by atoms with Crippen molar-refractivity contribution < 1.29 is 4.74 Å². The molecule has 20 heavy (non-hydrogen) atoms. The van der Waals surface area contributed by atoms with Gasteiger partial charge >= 0.3 is 0 Å². The molecular formula is C14H19N5O. The molecule has 0 aliphatic carbocycles. The minimum absolute atomic E-state index is 0.0986. The van der Waals surface area contributed by atoms with Gasteiger partial charge in [0.1, 0.15) is 0 Å². The van der Waals surface area contributed by atoms with Crippen LogP contribution in [0.1, 0.15) is 31.4 Å². The van der Waals surface area contributed by atoms with Gasteiger partial charge in [0.2, 0.25) is 0 Å². The van der Waals surface area contributed by atoms with E-state index in [9.17, 15) is 0 Å². The number of nitrogen functional groups attached to an aromatic ring is 1. The molecule has 2 unspecified atom stereocenters. The molecule has 2 atom stereocenters. The van der Waals surface area contributed by atoms with E-state index >= 15 is 0 Å². The second-order valence-electron chi connectivity index (χ2n) is 5.28. The molecule has 0 spiro atoms. The summed E-state index contributed by atoms with van der Waals surface area (Å²) in [4.78, 5) is 0. The van der Waals surface area contributed by atoms with E-state index in [1.54, 1.807) is 0 Å². The number of aryl methyl sites for hydroxylation is 1. The molecule has 1 aliphatic rings. The van der Waals surface area contributed by atoms with Gasteiger partial charge in [-0.2, -0.15) is 0 Å². The Morgan fingerprint density at radius 2 is 2.30 bits per heavy atom. The highest BCUT2D eigenvalue weighted by Gasteiger charge is 2.27. The van der Waals surface area contributed by atoms with Gasteiger partial charge in [0, 0.05) is 17.9 Å². The Morgan fingerprint density at radius 1 is 1.45 bits per heavy atom. The van der Waals surface area contributed by atoms with E-state index in [0.29, 0.717) is 11.5 Å². The molecule has 1 aromatic heterocycles. The Hall–Kier alpha value is -1.95. The third-order valence-electron chi connectivity index (χ3n) is 3.91. The summed E-state index contributed by atoms with van der Waals surface area (Å²) in [6, 6.07) is 5.92. The largest absolute Gasteiger partial charge is 0.398 e. The highest BCUT2D eigenvalue weighted by atomic mass is 16.5. The minimum atomic E-state index is 0.0986. The van der Waals surface area contributed by atoms with Crippen molar-refractivity contribution >= 4 is 5.69 Å². The van der Waals surface area contributed by atoms with Crippen LogP contribution in [0.4, 0.5) is 5.69 Å². The summed E-state index contributed by atoms with van der Waals surface area (Å²) in [5.41, 5.74) is 8.76. The summed E-state index contributed by atoms with van der Waals surface area (Å²) >= 11 is 0. The van der Waals surface area contributed by atoms with Gasteiger partial charge < -0.3 is 10.5 Å². The van der Waals surface area contributed by atoms with Crippen LogP contribution in [-0.4, -0.2) is 32.9 Å². The third-order valence-corrected chi connectivity index (χ3v) is 3.91. The zero-order valence-electron chi connectivity index (χ0n) is 11.8. The molecule has 2 N–H and O–H groups in total. The molecule has 6 heteroatoms. The van der Waals surface area contributed by atoms with E-state index in [2.05, 4.69) is 22.4 Å². The molecule has 106 valence electrons. The Bertz CT molecular complexity index is 583. The standard InChI is InChI=1S/C14H19N5O/c1-9-5-3-6-11(15)13(9)14-16-17-18-19(14)10(2)12-7-4-8-20-12/h3,5-6,10,12H,4,7-8,15H2,1-2H3. The maximum absolute atomic E-state index is 6.09. The zero-order valence-corrected chi connectivity index (χ0v) is 11.8. The summed E-state index contributed by atoms with van der Waals surface area (Å²) in [7, 11) is 0. The summed E-state index contributed by atoms with van der Waals surface area (Å²) in [6.45, 7) is 4.92. The number of rotatable bonds is 3. The monoisotopic (exact) mass is 273 g/mol. The second kappa shape index (κ2) is 5.20. The third kappa shape index (κ3) is 2.16. The van der Waals surface area contributed by atoms with Gasteiger partial charge in [0.05, 0.1) is 12.1 Å². The molecule has 0 bridgehead atoms. The van der Waals surface area contributed by atoms with Crippen LogP contribution in [-0.2, 0) is 4.74 Å². The van der Waals surface area contributed by atoms with Gasteiger partial charge in [0.25, 0.3) is 0 Å². The molecule has 1 aromatic carbocycles. The summed E-state index contributed by atoms with van der Waals surface area (Å²) < 4.78 is 7.57. The van der Waals surface area contributed by atoms with E-state index in [4.69, 9.17) is 10.5 Å². The smallest absolute Gasteiger partial charge is 0.184 e. The van der Waals surface area contributed by atoms with Crippen molar-refractivity contribution in [2.45, 2.75) is 38.8 Å². The summed E-state index contributed by atoms with van der Waals surface area (Å²) in [6.07, 6.45) is 2.31. The first-order chi connectivity index (χ1) is 9.68. The van der Waals surface area contributed by atoms with Crippen LogP contribution in [0.2, 0.25) is 0 Å². The van der Waals surface area contributed by atoms with Crippen LogP contribution in [0.3, 0.4) is 0 Å². The van der Waals surface area contributed by atoms with Crippen LogP contribution >= 0.6 is 0 Å². The average molecular weight is 273 g/mol. The maximum atomic E-state index is 6.09. The number of nitrogens with two attached hydrogens (primary N) is 1. The van der Waals surface area contributed by atoms with Crippen molar-refractivity contribution in [1.29, 1.82) is 0 Å². The predicted molar refractivity (Wildman–Crippen MR) is 76.1 cm³/mol. The Kier molecular flexibility index (Phi) is 3.40. The van der Waals surface area contributed by atoms with Gasteiger partial charge in [-0.25, -0.2) is 4.68 Å². The molecule has 2 heterocycles. The number of ether oxygens (including phenoxy) is 1. The number of hydrogen-bond acceptors (Lipinski definition) is 5. The number of hydrogen-bond donors (Lipinski definition) is 1.